The lowest BCUT2D eigenvalue weighted by Crippen LogP contribution is -2.43. The molecule has 0 bridgehead atoms. The van der Waals surface area contributed by atoms with Crippen molar-refractivity contribution in [3.63, 3.8) is 0 Å². The van der Waals surface area contributed by atoms with Crippen molar-refractivity contribution in [2.24, 2.45) is 7.05 Å². The molecule has 132 valence electrons. The molecule has 1 aliphatic rings. The first kappa shape index (κ1) is 17.3. The summed E-state index contributed by atoms with van der Waals surface area (Å²) in [6, 6.07) is 7.08. The lowest BCUT2D eigenvalue weighted by atomic mass is 10.2. The van der Waals surface area contributed by atoms with Crippen molar-refractivity contribution in [3.05, 3.63) is 36.7 Å². The Labute approximate surface area is 150 Å². The van der Waals surface area contributed by atoms with E-state index in [1.165, 1.54) is 12.0 Å². The van der Waals surface area contributed by atoms with Crippen LogP contribution in [0.25, 0.3) is 0 Å². The van der Waals surface area contributed by atoms with Gasteiger partial charge in [-0.2, -0.15) is 0 Å². The number of imidazole rings is 1. The summed E-state index contributed by atoms with van der Waals surface area (Å²) >= 11 is 1.55. The summed E-state index contributed by atoms with van der Waals surface area (Å²) in [5.74, 6) is -0.188. The molecule has 3 rings (SSSR count). The lowest BCUT2D eigenvalue weighted by Gasteiger charge is -2.22. The number of hydrogen-bond acceptors (Lipinski definition) is 5. The van der Waals surface area contributed by atoms with Crippen molar-refractivity contribution in [1.29, 1.82) is 0 Å². The van der Waals surface area contributed by atoms with Crippen LogP contribution in [0.5, 0.6) is 0 Å². The van der Waals surface area contributed by atoms with Crippen LogP contribution in [0.2, 0.25) is 0 Å². The van der Waals surface area contributed by atoms with Crippen LogP contribution in [0.4, 0.5) is 10.5 Å². The van der Waals surface area contributed by atoms with Gasteiger partial charge in [-0.05, 0) is 37.1 Å². The van der Waals surface area contributed by atoms with Crippen LogP contribution < -0.4 is 5.32 Å². The zero-order valence-electron chi connectivity index (χ0n) is 14.1. The number of nitrogens with zero attached hydrogens (tertiary/aromatic N) is 3. The molecule has 2 heterocycles. The zero-order valence-corrected chi connectivity index (χ0v) is 15.0. The van der Waals surface area contributed by atoms with Gasteiger partial charge in [-0.3, -0.25) is 9.69 Å². The molecule has 0 saturated carbocycles. The summed E-state index contributed by atoms with van der Waals surface area (Å²) in [5, 5.41) is 3.77. The van der Waals surface area contributed by atoms with E-state index < -0.39 is 12.1 Å². The number of aryl methyl sites for hydroxylation is 1. The largest absolute Gasteiger partial charge is 0.453 e. The quantitative estimate of drug-likeness (QED) is 0.907. The smallest absolute Gasteiger partial charge is 0.410 e. The minimum Gasteiger partial charge on any atom is -0.453 e. The standard InChI is InChI=1S/C17H20N4O3S/c1-20-11-9-18-16(20)25-13-7-5-12(6-8-13)19-15(22)14-4-3-10-21(14)17(23)24-2/h5-9,11,14H,3-4,10H2,1-2H3,(H,19,22). The fraction of sp³-hybridized carbons (Fsp3) is 0.353. The van der Waals surface area contributed by atoms with Gasteiger partial charge >= 0.3 is 6.09 Å². The SMILES string of the molecule is COC(=O)N1CCCC1C(=O)Nc1ccc(Sc2nccn2C)cc1. The van der Waals surface area contributed by atoms with Gasteiger partial charge in [0.25, 0.3) is 0 Å². The van der Waals surface area contributed by atoms with Crippen molar-refractivity contribution in [1.82, 2.24) is 14.5 Å². The number of amides is 2. The second-order valence-electron chi connectivity index (χ2n) is 5.76. The number of likely N-dealkylation sites (tertiary alicyclic amines) is 1. The molecule has 1 aromatic heterocycles. The minimum atomic E-state index is -0.478. The van der Waals surface area contributed by atoms with Gasteiger partial charge in [0.05, 0.1) is 7.11 Å². The Morgan fingerprint density at radius 1 is 1.32 bits per heavy atom. The summed E-state index contributed by atoms with van der Waals surface area (Å²) in [5.41, 5.74) is 0.700. The van der Waals surface area contributed by atoms with E-state index in [1.54, 1.807) is 18.0 Å². The predicted molar refractivity (Wildman–Crippen MR) is 94.5 cm³/mol. The highest BCUT2D eigenvalue weighted by Crippen LogP contribution is 2.27. The van der Waals surface area contributed by atoms with E-state index in [2.05, 4.69) is 10.3 Å². The molecule has 1 aliphatic heterocycles. The maximum atomic E-state index is 12.5. The highest BCUT2D eigenvalue weighted by atomic mass is 32.2. The van der Waals surface area contributed by atoms with Gasteiger partial charge in [0.1, 0.15) is 6.04 Å². The van der Waals surface area contributed by atoms with Gasteiger partial charge in [-0.1, -0.05) is 11.8 Å². The Morgan fingerprint density at radius 3 is 2.72 bits per heavy atom. The number of hydrogen-bond donors (Lipinski definition) is 1. The van der Waals surface area contributed by atoms with E-state index >= 15 is 0 Å². The third-order valence-corrected chi connectivity index (χ3v) is 5.16. The average Bonchev–Trinajstić information content (AvgIpc) is 3.25. The number of carbonyl (C=O) groups excluding carboxylic acids is 2. The van der Waals surface area contributed by atoms with Gasteiger partial charge in [0, 0.05) is 36.6 Å². The highest BCUT2D eigenvalue weighted by Gasteiger charge is 2.34. The molecule has 7 nitrogen and oxygen atoms in total. The summed E-state index contributed by atoms with van der Waals surface area (Å²) in [6.07, 6.45) is 4.64. The molecule has 1 aromatic carbocycles. The predicted octanol–water partition coefficient (Wildman–Crippen LogP) is 2.74. The Bertz CT molecular complexity index is 760. The summed E-state index contributed by atoms with van der Waals surface area (Å²) in [7, 11) is 3.27. The first-order chi connectivity index (χ1) is 12.1. The highest BCUT2D eigenvalue weighted by molar-refractivity contribution is 7.99. The van der Waals surface area contributed by atoms with Crippen LogP contribution in [0, 0.1) is 0 Å². The van der Waals surface area contributed by atoms with E-state index in [0.29, 0.717) is 18.7 Å². The Morgan fingerprint density at radius 2 is 2.08 bits per heavy atom. The van der Waals surface area contributed by atoms with Crippen molar-refractivity contribution in [3.8, 4) is 0 Å². The molecule has 2 amide bonds. The van der Waals surface area contributed by atoms with Crippen LogP contribution in [0.3, 0.4) is 0 Å². The summed E-state index contributed by atoms with van der Waals surface area (Å²) < 4.78 is 6.68. The van der Waals surface area contributed by atoms with Gasteiger partial charge in [-0.25, -0.2) is 9.78 Å². The first-order valence-corrected chi connectivity index (χ1v) is 8.81. The van der Waals surface area contributed by atoms with Crippen LogP contribution >= 0.6 is 11.8 Å². The van der Waals surface area contributed by atoms with Crippen LogP contribution in [0.15, 0.2) is 46.7 Å². The zero-order chi connectivity index (χ0) is 17.8. The summed E-state index contributed by atoms with van der Waals surface area (Å²) in [4.78, 5) is 30.9. The lowest BCUT2D eigenvalue weighted by molar-refractivity contribution is -0.119. The number of aromatic nitrogens is 2. The second-order valence-corrected chi connectivity index (χ2v) is 6.80. The van der Waals surface area contributed by atoms with Crippen molar-refractivity contribution >= 4 is 29.4 Å². The third-order valence-electron chi connectivity index (χ3n) is 4.07. The number of anilines is 1. The van der Waals surface area contributed by atoms with Crippen molar-refractivity contribution in [2.45, 2.75) is 28.9 Å². The monoisotopic (exact) mass is 360 g/mol. The molecule has 1 fully saturated rings. The molecule has 1 atom stereocenters. The Kier molecular flexibility index (Phi) is 5.28. The average molecular weight is 360 g/mol. The molecular formula is C17H20N4O3S. The van der Waals surface area contributed by atoms with E-state index in [-0.39, 0.29) is 5.91 Å². The van der Waals surface area contributed by atoms with Crippen LogP contribution in [-0.4, -0.2) is 46.1 Å². The maximum Gasteiger partial charge on any atom is 0.410 e. The molecular weight excluding hydrogens is 340 g/mol. The van der Waals surface area contributed by atoms with Gasteiger partial charge < -0.3 is 14.6 Å². The number of benzene rings is 1. The van der Waals surface area contributed by atoms with E-state index in [0.717, 1.165) is 16.5 Å². The maximum absolute atomic E-state index is 12.5. The molecule has 1 unspecified atom stereocenters. The van der Waals surface area contributed by atoms with Gasteiger partial charge in [0.15, 0.2) is 5.16 Å². The fourth-order valence-electron chi connectivity index (χ4n) is 2.76. The molecule has 1 N–H and O–H groups in total. The second kappa shape index (κ2) is 7.60. The minimum absolute atomic E-state index is 0.188. The van der Waals surface area contributed by atoms with E-state index in [9.17, 15) is 9.59 Å². The Balaban J connectivity index is 1.62. The van der Waals surface area contributed by atoms with E-state index in [1.807, 2.05) is 42.1 Å². The summed E-state index contributed by atoms with van der Waals surface area (Å²) in [6.45, 7) is 0.546. The van der Waals surface area contributed by atoms with Crippen molar-refractivity contribution < 1.29 is 14.3 Å². The molecule has 1 saturated heterocycles. The molecule has 8 heteroatoms. The van der Waals surface area contributed by atoms with Crippen LogP contribution in [0.1, 0.15) is 12.8 Å². The molecule has 0 aliphatic carbocycles. The normalized spacial score (nSPS) is 16.7. The van der Waals surface area contributed by atoms with Crippen LogP contribution in [-0.2, 0) is 16.6 Å². The first-order valence-electron chi connectivity index (χ1n) is 7.99. The number of rotatable bonds is 4. The molecule has 2 aromatic rings. The van der Waals surface area contributed by atoms with Gasteiger partial charge in [-0.15, -0.1) is 0 Å². The topological polar surface area (TPSA) is 76.5 Å². The number of ether oxygens (including phenoxy) is 1. The van der Waals surface area contributed by atoms with Gasteiger partial charge in [0.2, 0.25) is 5.91 Å². The number of carbonyl (C=O) groups is 2. The molecule has 25 heavy (non-hydrogen) atoms. The van der Waals surface area contributed by atoms with E-state index in [4.69, 9.17) is 4.74 Å². The Hall–Kier alpha value is -2.48. The third kappa shape index (κ3) is 3.96. The number of nitrogens with one attached hydrogen (secondary N) is 1. The molecule has 0 spiro atoms. The fourth-order valence-corrected chi connectivity index (χ4v) is 3.56. The molecule has 0 radical (unpaired) electrons. The number of methoxy groups -OCH3 is 1. The van der Waals surface area contributed by atoms with Crippen molar-refractivity contribution in [2.75, 3.05) is 19.0 Å².